The fourth-order valence-electron chi connectivity index (χ4n) is 2.33. The van der Waals surface area contributed by atoms with Crippen LogP contribution in [0.15, 0.2) is 66.1 Å². The maximum absolute atomic E-state index is 13.4. The summed E-state index contributed by atoms with van der Waals surface area (Å²) < 4.78 is 20.1. The molecular weight excluding hydrogens is 369 g/mol. The third-order valence-corrected chi connectivity index (χ3v) is 4.60. The van der Waals surface area contributed by atoms with E-state index in [2.05, 4.69) is 10.3 Å². The molecule has 2 aromatic carbocycles. The molecule has 0 aliphatic heterocycles. The lowest BCUT2D eigenvalue weighted by Gasteiger charge is -2.08. The van der Waals surface area contributed by atoms with E-state index in [0.29, 0.717) is 22.2 Å². The van der Waals surface area contributed by atoms with Gasteiger partial charge in [-0.15, -0.1) is 0 Å². The molecule has 0 aliphatic carbocycles. The first kappa shape index (κ1) is 18.7. The molecule has 1 heterocycles. The predicted molar refractivity (Wildman–Crippen MR) is 99.7 cm³/mol. The number of methoxy groups -OCH3 is 1. The molecule has 0 radical (unpaired) electrons. The molecule has 0 spiro atoms. The molecule has 0 unspecified atom stereocenters. The number of nitrogens with zero attached hydrogens (tertiary/aromatic N) is 2. The Morgan fingerprint density at radius 1 is 1.22 bits per heavy atom. The van der Waals surface area contributed by atoms with E-state index in [1.165, 1.54) is 19.2 Å². The number of amides is 2. The van der Waals surface area contributed by atoms with Crippen LogP contribution < -0.4 is 10.1 Å². The van der Waals surface area contributed by atoms with Gasteiger partial charge in [0, 0.05) is 18.0 Å². The van der Waals surface area contributed by atoms with E-state index >= 15 is 0 Å². The summed E-state index contributed by atoms with van der Waals surface area (Å²) in [6, 6.07) is 12.5. The van der Waals surface area contributed by atoms with Crippen LogP contribution in [0.5, 0.6) is 5.75 Å². The molecular formula is C19H16FN3O3S. The minimum Gasteiger partial charge on any atom is -0.497 e. The standard InChI is InChI=1S/C19H16FN3O3S/c1-26-16-7-5-13(6-8-16)18(25)22-17(24)12-27-19-21-9-10-23(19)15-4-2-3-14(20)11-15/h2-11H,12H2,1H3,(H,22,24,25). The number of rotatable bonds is 6. The number of aromatic nitrogens is 2. The fraction of sp³-hybridized carbons (Fsp3) is 0.105. The van der Waals surface area contributed by atoms with E-state index in [0.717, 1.165) is 11.8 Å². The molecule has 0 saturated carbocycles. The Kier molecular flexibility index (Phi) is 5.87. The van der Waals surface area contributed by atoms with Crippen molar-refractivity contribution >= 4 is 23.6 Å². The number of nitrogens with one attached hydrogen (secondary N) is 1. The highest BCUT2D eigenvalue weighted by molar-refractivity contribution is 7.99. The molecule has 0 saturated heterocycles. The van der Waals surface area contributed by atoms with Crippen molar-refractivity contribution < 1.29 is 18.7 Å². The Bertz CT molecular complexity index is 957. The molecule has 138 valence electrons. The highest BCUT2D eigenvalue weighted by Gasteiger charge is 2.13. The van der Waals surface area contributed by atoms with Gasteiger partial charge in [0.05, 0.1) is 18.6 Å². The number of hydrogen-bond acceptors (Lipinski definition) is 5. The van der Waals surface area contributed by atoms with Crippen molar-refractivity contribution in [3.63, 3.8) is 0 Å². The number of hydrogen-bond donors (Lipinski definition) is 1. The number of benzene rings is 2. The first-order chi connectivity index (χ1) is 13.1. The van der Waals surface area contributed by atoms with E-state index in [9.17, 15) is 14.0 Å². The molecule has 2 amide bonds. The van der Waals surface area contributed by atoms with E-state index in [4.69, 9.17) is 4.74 Å². The minimum absolute atomic E-state index is 0.00573. The quantitative estimate of drug-likeness (QED) is 0.660. The number of carbonyl (C=O) groups is 2. The van der Waals surface area contributed by atoms with Gasteiger partial charge in [-0.25, -0.2) is 9.37 Å². The van der Waals surface area contributed by atoms with Gasteiger partial charge in [-0.05, 0) is 42.5 Å². The van der Waals surface area contributed by atoms with Gasteiger partial charge in [0.15, 0.2) is 5.16 Å². The van der Waals surface area contributed by atoms with Gasteiger partial charge < -0.3 is 4.74 Å². The summed E-state index contributed by atoms with van der Waals surface area (Å²) in [7, 11) is 1.53. The van der Waals surface area contributed by atoms with Crippen LogP contribution in [0.3, 0.4) is 0 Å². The zero-order valence-corrected chi connectivity index (χ0v) is 15.2. The monoisotopic (exact) mass is 385 g/mol. The van der Waals surface area contributed by atoms with Gasteiger partial charge in [-0.2, -0.15) is 0 Å². The largest absolute Gasteiger partial charge is 0.497 e. The highest BCUT2D eigenvalue weighted by Crippen LogP contribution is 2.20. The van der Waals surface area contributed by atoms with Gasteiger partial charge in [-0.1, -0.05) is 17.8 Å². The average molecular weight is 385 g/mol. The summed E-state index contributed by atoms with van der Waals surface area (Å²) in [4.78, 5) is 28.3. The summed E-state index contributed by atoms with van der Waals surface area (Å²) in [6.07, 6.45) is 3.24. The number of halogens is 1. The van der Waals surface area contributed by atoms with Crippen molar-refractivity contribution in [2.45, 2.75) is 5.16 Å². The summed E-state index contributed by atoms with van der Waals surface area (Å²) in [5, 5.41) is 2.85. The number of imidazole rings is 1. The SMILES string of the molecule is COc1ccc(C(=O)NC(=O)CSc2nccn2-c2cccc(F)c2)cc1. The van der Waals surface area contributed by atoms with Crippen LogP contribution in [0.1, 0.15) is 10.4 Å². The van der Waals surface area contributed by atoms with Crippen LogP contribution >= 0.6 is 11.8 Å². The zero-order valence-electron chi connectivity index (χ0n) is 14.4. The summed E-state index contributed by atoms with van der Waals surface area (Å²) >= 11 is 1.15. The Morgan fingerprint density at radius 2 is 2.00 bits per heavy atom. The van der Waals surface area contributed by atoms with Gasteiger partial charge in [0.2, 0.25) is 5.91 Å². The van der Waals surface area contributed by atoms with E-state index in [-0.39, 0.29) is 11.6 Å². The van der Waals surface area contributed by atoms with Gasteiger partial charge in [-0.3, -0.25) is 19.5 Å². The average Bonchev–Trinajstić information content (AvgIpc) is 3.15. The molecule has 0 fully saturated rings. The summed E-state index contributed by atoms with van der Waals surface area (Å²) in [5.74, 6) is -0.683. The maximum Gasteiger partial charge on any atom is 0.257 e. The second kappa shape index (κ2) is 8.50. The van der Waals surface area contributed by atoms with Crippen molar-refractivity contribution in [1.82, 2.24) is 14.9 Å². The normalized spacial score (nSPS) is 10.4. The lowest BCUT2D eigenvalue weighted by molar-refractivity contribution is -0.117. The molecule has 8 heteroatoms. The molecule has 3 aromatic rings. The van der Waals surface area contributed by atoms with Crippen molar-refractivity contribution in [2.24, 2.45) is 0 Å². The first-order valence-electron chi connectivity index (χ1n) is 7.97. The topological polar surface area (TPSA) is 73.2 Å². The van der Waals surface area contributed by atoms with Crippen LogP contribution in [0.2, 0.25) is 0 Å². The lowest BCUT2D eigenvalue weighted by atomic mass is 10.2. The van der Waals surface area contributed by atoms with Crippen molar-refractivity contribution in [3.05, 3.63) is 72.3 Å². The zero-order chi connectivity index (χ0) is 19.2. The van der Waals surface area contributed by atoms with Gasteiger partial charge in [0.1, 0.15) is 11.6 Å². The van der Waals surface area contributed by atoms with Crippen LogP contribution in [0.25, 0.3) is 5.69 Å². The lowest BCUT2D eigenvalue weighted by Crippen LogP contribution is -2.31. The van der Waals surface area contributed by atoms with Gasteiger partial charge in [0.25, 0.3) is 5.91 Å². The third kappa shape index (κ3) is 4.73. The molecule has 0 aliphatic rings. The molecule has 0 bridgehead atoms. The van der Waals surface area contributed by atoms with Crippen molar-refractivity contribution in [2.75, 3.05) is 12.9 Å². The number of ether oxygens (including phenoxy) is 1. The highest BCUT2D eigenvalue weighted by atomic mass is 32.2. The Hall–Kier alpha value is -3.13. The smallest absolute Gasteiger partial charge is 0.257 e. The molecule has 6 nitrogen and oxygen atoms in total. The Balaban J connectivity index is 1.60. The van der Waals surface area contributed by atoms with Crippen LogP contribution in [0.4, 0.5) is 4.39 Å². The van der Waals surface area contributed by atoms with Crippen LogP contribution in [-0.2, 0) is 4.79 Å². The van der Waals surface area contributed by atoms with E-state index in [1.807, 2.05) is 0 Å². The number of thioether (sulfide) groups is 1. The van der Waals surface area contributed by atoms with Crippen LogP contribution in [0, 0.1) is 5.82 Å². The Morgan fingerprint density at radius 3 is 2.70 bits per heavy atom. The molecule has 0 atom stereocenters. The molecule has 1 N–H and O–H groups in total. The van der Waals surface area contributed by atoms with Crippen LogP contribution in [-0.4, -0.2) is 34.2 Å². The van der Waals surface area contributed by atoms with Crippen molar-refractivity contribution in [3.8, 4) is 11.4 Å². The molecule has 3 rings (SSSR count). The molecule has 1 aromatic heterocycles. The predicted octanol–water partition coefficient (Wildman–Crippen LogP) is 3.07. The number of carbonyl (C=O) groups excluding carboxylic acids is 2. The first-order valence-corrected chi connectivity index (χ1v) is 8.95. The number of imide groups is 1. The summed E-state index contributed by atoms with van der Waals surface area (Å²) in [6.45, 7) is 0. The Labute approximate surface area is 159 Å². The second-order valence-electron chi connectivity index (χ2n) is 5.45. The summed E-state index contributed by atoms with van der Waals surface area (Å²) in [5.41, 5.74) is 0.958. The molecule has 27 heavy (non-hydrogen) atoms. The van der Waals surface area contributed by atoms with E-state index in [1.54, 1.807) is 53.4 Å². The fourth-order valence-corrected chi connectivity index (χ4v) is 3.10. The van der Waals surface area contributed by atoms with Crippen molar-refractivity contribution in [1.29, 1.82) is 0 Å². The van der Waals surface area contributed by atoms with E-state index < -0.39 is 11.8 Å². The third-order valence-electron chi connectivity index (χ3n) is 3.63. The minimum atomic E-state index is -0.489. The second-order valence-corrected chi connectivity index (χ2v) is 6.40. The maximum atomic E-state index is 13.4. The van der Waals surface area contributed by atoms with Gasteiger partial charge >= 0.3 is 0 Å².